The van der Waals surface area contributed by atoms with Crippen molar-refractivity contribution in [2.45, 2.75) is 26.3 Å². The Bertz CT molecular complexity index is 47.7. The predicted octanol–water partition coefficient (Wildman–Crippen LogP) is 0.646. The highest BCUT2D eigenvalue weighted by Crippen LogP contribution is 1.77. The minimum atomic E-state index is 0.872. The Labute approximate surface area is 54.0 Å². The average Bonchev–Trinajstić information content (AvgIpc) is 1.88. The Kier molecular flexibility index (Phi) is 21.1. The Morgan fingerprint density at radius 2 is 2.12 bits per heavy atom. The summed E-state index contributed by atoms with van der Waals surface area (Å²) in [5, 5.41) is 10.6. The van der Waals surface area contributed by atoms with Crippen LogP contribution >= 0.6 is 0 Å². The third-order valence-electron chi connectivity index (χ3n) is 0.499. The number of hydrogen-bond acceptors (Lipinski definition) is 2. The average molecular weight is 133 g/mol. The second-order valence-corrected chi connectivity index (χ2v) is 1.09. The second-order valence-electron chi connectivity index (χ2n) is 1.09. The van der Waals surface area contributed by atoms with Gasteiger partial charge in [0.25, 0.3) is 0 Å². The van der Waals surface area contributed by atoms with Crippen LogP contribution in [0.25, 0.3) is 0 Å². The number of unbranched alkanes of at least 4 members (excludes halogenated alkanes) is 1. The number of rotatable bonds is 2. The quantitative estimate of drug-likeness (QED) is 0.255. The van der Waals surface area contributed by atoms with Crippen molar-refractivity contribution < 1.29 is 5.21 Å². The molecule has 0 aromatic carbocycles. The molecule has 0 aromatic rings. The zero-order chi connectivity index (χ0) is 6.83. The van der Waals surface area contributed by atoms with Gasteiger partial charge in [0.1, 0.15) is 0 Å². The molecule has 50 valence electrons. The van der Waals surface area contributed by atoms with Gasteiger partial charge in [-0.2, -0.15) is 0 Å². The molecule has 0 heterocycles. The Hall–Kier alpha value is -0.313. The van der Waals surface area contributed by atoms with E-state index in [-0.39, 0.29) is 0 Å². The fourth-order valence-corrected chi connectivity index (χ4v) is 0.187. The molecule has 0 rings (SSSR count). The van der Waals surface area contributed by atoms with E-state index in [4.69, 9.17) is 5.21 Å². The monoisotopic (exact) mass is 133 g/mol. The van der Waals surface area contributed by atoms with Crippen molar-refractivity contribution in [1.29, 1.82) is 0 Å². The van der Waals surface area contributed by atoms with Gasteiger partial charge in [-0.3, -0.25) is 0 Å². The Morgan fingerprint density at radius 1 is 1.62 bits per heavy atom. The summed E-state index contributed by atoms with van der Waals surface area (Å²) in [5.41, 5.74) is 0. The first-order valence-electron chi connectivity index (χ1n) is 3.07. The van der Waals surface area contributed by atoms with E-state index in [9.17, 15) is 0 Å². The number of hydrogen-bond donors (Lipinski definition) is 1. The fourth-order valence-electron chi connectivity index (χ4n) is 0.187. The van der Waals surface area contributed by atoms with Crippen LogP contribution in [0.1, 0.15) is 19.8 Å². The minimum Gasteiger partial charge on any atom is -0.411 e. The van der Waals surface area contributed by atoms with E-state index in [0.29, 0.717) is 0 Å². The molecule has 0 amide bonds. The molecule has 1 N–H and O–H groups in total. The third kappa shape index (κ3) is 17.3. The Morgan fingerprint density at radius 3 is 2.25 bits per heavy atom. The Balaban J connectivity index is 0. The van der Waals surface area contributed by atoms with Gasteiger partial charge in [-0.05, 0) is 16.7 Å². The lowest BCUT2D eigenvalue weighted by Crippen LogP contribution is -1.68. The first kappa shape index (κ1) is 10.6. The molecule has 0 saturated carbocycles. The number of oxime groups is 1. The first-order chi connectivity index (χ1) is 3.91. The molecule has 3 heteroatoms. The van der Waals surface area contributed by atoms with Crippen molar-refractivity contribution in [3.8, 4) is 0 Å². The molecule has 0 saturated heterocycles. The van der Waals surface area contributed by atoms with Crippen molar-refractivity contribution in [2.24, 2.45) is 5.16 Å². The summed E-state index contributed by atoms with van der Waals surface area (Å²) in [5.74, 6) is 0. The van der Waals surface area contributed by atoms with Gasteiger partial charge >= 0.3 is 0 Å². The number of nitrogens with zero attached hydrogens (tertiary/aromatic N) is 1. The highest BCUT2D eigenvalue weighted by atomic mass is 28.1. The summed E-state index contributed by atoms with van der Waals surface area (Å²) >= 11 is 0. The van der Waals surface area contributed by atoms with Crippen molar-refractivity contribution in [3.05, 3.63) is 0 Å². The van der Waals surface area contributed by atoms with Crippen LogP contribution in [0.4, 0.5) is 0 Å². The van der Waals surface area contributed by atoms with Crippen LogP contribution < -0.4 is 0 Å². The maximum atomic E-state index is 7.77. The van der Waals surface area contributed by atoms with Crippen LogP contribution in [0.15, 0.2) is 5.16 Å². The van der Waals surface area contributed by atoms with Gasteiger partial charge in [-0.15, -0.1) is 5.16 Å². The van der Waals surface area contributed by atoms with E-state index in [2.05, 4.69) is 11.7 Å². The predicted molar refractivity (Wildman–Crippen MR) is 41.0 cm³/mol. The van der Waals surface area contributed by atoms with Crippen LogP contribution in [0.3, 0.4) is 0 Å². The van der Waals surface area contributed by atoms with Gasteiger partial charge < -0.3 is 5.21 Å². The second kappa shape index (κ2) is 15.9. The van der Waals surface area contributed by atoms with Gasteiger partial charge in [0, 0.05) is 6.21 Å². The van der Waals surface area contributed by atoms with Gasteiger partial charge in [0.2, 0.25) is 0 Å². The van der Waals surface area contributed by atoms with E-state index >= 15 is 0 Å². The molecule has 8 heavy (non-hydrogen) atoms. The highest BCUT2D eigenvalue weighted by Gasteiger charge is 1.67. The van der Waals surface area contributed by atoms with E-state index in [1.165, 1.54) is 16.5 Å². The molecule has 0 atom stereocenters. The zero-order valence-corrected chi connectivity index (χ0v) is 7.89. The molecule has 0 spiro atoms. The van der Waals surface area contributed by atoms with Crippen molar-refractivity contribution >= 4 is 16.5 Å². The van der Waals surface area contributed by atoms with Gasteiger partial charge in [-0.1, -0.05) is 19.9 Å². The SMILES string of the molecule is CCCC=NO.C[SiH3]. The van der Waals surface area contributed by atoms with Crippen LogP contribution in [0.2, 0.25) is 6.55 Å². The minimum absolute atomic E-state index is 0.872. The molecule has 0 aliphatic heterocycles. The molecule has 0 aliphatic rings. The van der Waals surface area contributed by atoms with E-state index in [0.717, 1.165) is 12.8 Å². The van der Waals surface area contributed by atoms with Crippen LogP contribution in [0, 0.1) is 0 Å². The van der Waals surface area contributed by atoms with Crippen LogP contribution in [-0.4, -0.2) is 21.7 Å². The first-order valence-corrected chi connectivity index (χ1v) is 5.07. The van der Waals surface area contributed by atoms with Gasteiger partial charge in [-0.25, -0.2) is 0 Å². The molecule has 2 nitrogen and oxygen atoms in total. The lowest BCUT2D eigenvalue weighted by atomic mass is 10.4. The zero-order valence-electron chi connectivity index (χ0n) is 5.89. The topological polar surface area (TPSA) is 32.6 Å². The lowest BCUT2D eigenvalue weighted by molar-refractivity contribution is 0.320. The smallest absolute Gasteiger partial charge is 0.0435 e. The van der Waals surface area contributed by atoms with Crippen LogP contribution in [-0.2, 0) is 0 Å². The molecular weight excluding hydrogens is 118 g/mol. The molecule has 0 fully saturated rings. The van der Waals surface area contributed by atoms with E-state index in [1.54, 1.807) is 0 Å². The van der Waals surface area contributed by atoms with Gasteiger partial charge in [0.05, 0.1) is 0 Å². The van der Waals surface area contributed by atoms with Crippen molar-refractivity contribution in [2.75, 3.05) is 0 Å². The summed E-state index contributed by atoms with van der Waals surface area (Å²) in [6.07, 6.45) is 3.40. The highest BCUT2D eigenvalue weighted by molar-refractivity contribution is 6.05. The van der Waals surface area contributed by atoms with Crippen molar-refractivity contribution in [1.82, 2.24) is 0 Å². The summed E-state index contributed by atoms with van der Waals surface area (Å²) in [6.45, 7) is 4.17. The van der Waals surface area contributed by atoms with E-state index < -0.39 is 0 Å². The van der Waals surface area contributed by atoms with Crippen molar-refractivity contribution in [3.63, 3.8) is 0 Å². The van der Waals surface area contributed by atoms with E-state index in [1.807, 2.05) is 6.92 Å². The normalized spacial score (nSPS) is 8.75. The molecular formula is C5H15NOSi. The maximum Gasteiger partial charge on any atom is 0.0435 e. The summed E-state index contributed by atoms with van der Waals surface area (Å²) in [4.78, 5) is 0. The van der Waals surface area contributed by atoms with Crippen LogP contribution in [0.5, 0.6) is 0 Å². The standard InChI is InChI=1S/C4H9NO.CH6Si/c1-2-3-4-5-6;1-2/h4,6H,2-3H2,1H3;1-2H3. The summed E-state index contributed by atoms with van der Waals surface area (Å²) in [6, 6.07) is 0. The third-order valence-corrected chi connectivity index (χ3v) is 0.499. The summed E-state index contributed by atoms with van der Waals surface area (Å²) in [7, 11) is 1.31. The molecule has 0 aromatic heterocycles. The summed E-state index contributed by atoms with van der Waals surface area (Å²) < 4.78 is 0. The van der Waals surface area contributed by atoms with Gasteiger partial charge in [0.15, 0.2) is 0 Å². The molecule has 0 radical (unpaired) electrons. The fraction of sp³-hybridized carbons (Fsp3) is 0.800. The lowest BCUT2D eigenvalue weighted by Gasteiger charge is -1.74. The molecule has 0 bridgehead atoms. The molecule has 0 aliphatic carbocycles. The largest absolute Gasteiger partial charge is 0.411 e. The maximum absolute atomic E-state index is 7.77. The molecule has 0 unspecified atom stereocenters.